The summed E-state index contributed by atoms with van der Waals surface area (Å²) >= 11 is 3.35. The average Bonchev–Trinajstić information content (AvgIpc) is 2.16. The van der Waals surface area contributed by atoms with Crippen molar-refractivity contribution in [3.63, 3.8) is 0 Å². The van der Waals surface area contributed by atoms with Gasteiger partial charge < -0.3 is 16.2 Å². The molecule has 4 nitrogen and oxygen atoms in total. The number of aromatic nitrogens is 1. The second-order valence-electron chi connectivity index (χ2n) is 3.78. The van der Waals surface area contributed by atoms with Gasteiger partial charge in [-0.2, -0.15) is 0 Å². The lowest BCUT2D eigenvalue weighted by molar-refractivity contribution is 0.138. The van der Waals surface area contributed by atoms with E-state index in [-0.39, 0.29) is 12.0 Å². The SMILES string of the molecule is CC(C)C(O)CNc1c(N)cncc1Br. The van der Waals surface area contributed by atoms with Gasteiger partial charge in [0.05, 0.1) is 28.1 Å². The fraction of sp³-hybridized carbons (Fsp3) is 0.500. The van der Waals surface area contributed by atoms with E-state index < -0.39 is 0 Å². The summed E-state index contributed by atoms with van der Waals surface area (Å²) in [4.78, 5) is 3.93. The lowest BCUT2D eigenvalue weighted by atomic mass is 10.1. The average molecular weight is 274 g/mol. The number of aliphatic hydroxyl groups is 1. The molecule has 0 aromatic carbocycles. The highest BCUT2D eigenvalue weighted by Crippen LogP contribution is 2.26. The van der Waals surface area contributed by atoms with Crippen LogP contribution < -0.4 is 11.1 Å². The van der Waals surface area contributed by atoms with E-state index in [1.807, 2.05) is 13.8 Å². The summed E-state index contributed by atoms with van der Waals surface area (Å²) in [5.41, 5.74) is 7.10. The van der Waals surface area contributed by atoms with Crippen LogP contribution in [0.4, 0.5) is 11.4 Å². The molecule has 0 radical (unpaired) electrons. The number of hydrogen-bond donors (Lipinski definition) is 3. The minimum atomic E-state index is -0.385. The van der Waals surface area contributed by atoms with Crippen LogP contribution >= 0.6 is 15.9 Å². The molecule has 0 fully saturated rings. The van der Waals surface area contributed by atoms with Gasteiger partial charge in [-0.1, -0.05) is 13.8 Å². The van der Waals surface area contributed by atoms with Crippen LogP contribution in [0.1, 0.15) is 13.8 Å². The molecular formula is C10H16BrN3O. The summed E-state index contributed by atoms with van der Waals surface area (Å²) < 4.78 is 0.804. The van der Waals surface area contributed by atoms with Gasteiger partial charge in [-0.3, -0.25) is 4.98 Å². The number of halogens is 1. The quantitative estimate of drug-likeness (QED) is 0.783. The number of nitrogens with one attached hydrogen (secondary N) is 1. The number of nitrogens with zero attached hydrogens (tertiary/aromatic N) is 1. The first-order chi connectivity index (χ1) is 7.02. The Balaban J connectivity index is 2.65. The molecule has 0 bridgehead atoms. The van der Waals surface area contributed by atoms with E-state index in [0.29, 0.717) is 12.2 Å². The molecule has 0 aliphatic carbocycles. The minimum Gasteiger partial charge on any atom is -0.396 e. The molecule has 84 valence electrons. The zero-order chi connectivity index (χ0) is 11.4. The Morgan fingerprint density at radius 2 is 2.20 bits per heavy atom. The molecule has 1 aromatic heterocycles. The summed E-state index contributed by atoms with van der Waals surface area (Å²) in [6.07, 6.45) is 2.86. The zero-order valence-electron chi connectivity index (χ0n) is 8.87. The van der Waals surface area contributed by atoms with E-state index in [9.17, 15) is 5.11 Å². The van der Waals surface area contributed by atoms with Crippen molar-refractivity contribution >= 4 is 27.3 Å². The van der Waals surface area contributed by atoms with Crippen molar-refractivity contribution in [1.29, 1.82) is 0 Å². The van der Waals surface area contributed by atoms with Gasteiger partial charge in [-0.05, 0) is 21.8 Å². The van der Waals surface area contributed by atoms with E-state index in [4.69, 9.17) is 5.73 Å². The lowest BCUT2D eigenvalue weighted by Crippen LogP contribution is -2.25. The highest BCUT2D eigenvalue weighted by atomic mass is 79.9. The van der Waals surface area contributed by atoms with Crippen molar-refractivity contribution in [3.05, 3.63) is 16.9 Å². The summed E-state index contributed by atoms with van der Waals surface area (Å²) in [6, 6.07) is 0. The van der Waals surface area contributed by atoms with Crippen LogP contribution in [0.15, 0.2) is 16.9 Å². The molecule has 0 saturated heterocycles. The van der Waals surface area contributed by atoms with E-state index in [2.05, 4.69) is 26.2 Å². The fourth-order valence-corrected chi connectivity index (χ4v) is 1.57. The van der Waals surface area contributed by atoms with Gasteiger partial charge in [0, 0.05) is 12.7 Å². The monoisotopic (exact) mass is 273 g/mol. The molecule has 1 unspecified atom stereocenters. The Bertz CT molecular complexity index is 310. The van der Waals surface area contributed by atoms with Gasteiger partial charge in [0.25, 0.3) is 0 Å². The van der Waals surface area contributed by atoms with Crippen molar-refractivity contribution in [2.24, 2.45) is 5.92 Å². The third kappa shape index (κ3) is 3.35. The molecule has 1 heterocycles. The second-order valence-corrected chi connectivity index (χ2v) is 4.63. The predicted octanol–water partition coefficient (Wildman–Crippen LogP) is 1.86. The lowest BCUT2D eigenvalue weighted by Gasteiger charge is -2.17. The van der Waals surface area contributed by atoms with Gasteiger partial charge in [0.1, 0.15) is 0 Å². The molecule has 0 aliphatic heterocycles. The molecule has 1 atom stereocenters. The fourth-order valence-electron chi connectivity index (χ4n) is 1.08. The van der Waals surface area contributed by atoms with Crippen molar-refractivity contribution in [2.45, 2.75) is 20.0 Å². The largest absolute Gasteiger partial charge is 0.396 e. The van der Waals surface area contributed by atoms with Crippen LogP contribution in [0.25, 0.3) is 0 Å². The van der Waals surface area contributed by atoms with Crippen molar-refractivity contribution in [2.75, 3.05) is 17.6 Å². The number of rotatable bonds is 4. The first kappa shape index (κ1) is 12.3. The maximum Gasteiger partial charge on any atom is 0.0750 e. The Morgan fingerprint density at radius 1 is 1.53 bits per heavy atom. The molecular weight excluding hydrogens is 258 g/mol. The zero-order valence-corrected chi connectivity index (χ0v) is 10.5. The van der Waals surface area contributed by atoms with Crippen molar-refractivity contribution < 1.29 is 5.11 Å². The van der Waals surface area contributed by atoms with Crippen LogP contribution in [0, 0.1) is 5.92 Å². The standard InChI is InChI=1S/C10H16BrN3O/c1-6(2)9(15)5-14-10-7(11)3-13-4-8(10)12/h3-4,6,9,15H,5,12H2,1-2H3,(H,13,14). The van der Waals surface area contributed by atoms with E-state index in [0.717, 1.165) is 10.2 Å². The number of anilines is 2. The summed E-state index contributed by atoms with van der Waals surface area (Å²) in [5, 5.41) is 12.7. The maximum absolute atomic E-state index is 9.64. The number of pyridine rings is 1. The number of nitrogen functional groups attached to an aromatic ring is 1. The molecule has 4 N–H and O–H groups in total. The van der Waals surface area contributed by atoms with E-state index in [1.165, 1.54) is 0 Å². The normalized spacial score (nSPS) is 12.9. The van der Waals surface area contributed by atoms with Crippen LogP contribution in [0.3, 0.4) is 0 Å². The Hall–Kier alpha value is -0.810. The molecule has 0 aliphatic rings. The van der Waals surface area contributed by atoms with Gasteiger partial charge in [-0.15, -0.1) is 0 Å². The van der Waals surface area contributed by atoms with Gasteiger partial charge in [0.15, 0.2) is 0 Å². The Labute approximate surface area is 98.0 Å². The molecule has 1 aromatic rings. The van der Waals surface area contributed by atoms with Gasteiger partial charge in [-0.25, -0.2) is 0 Å². The summed E-state index contributed by atoms with van der Waals surface area (Å²) in [6.45, 7) is 4.42. The van der Waals surface area contributed by atoms with E-state index in [1.54, 1.807) is 12.4 Å². The molecule has 0 spiro atoms. The molecule has 0 amide bonds. The number of aliphatic hydroxyl groups excluding tert-OH is 1. The first-order valence-corrected chi connectivity index (χ1v) is 5.62. The summed E-state index contributed by atoms with van der Waals surface area (Å²) in [7, 11) is 0. The smallest absolute Gasteiger partial charge is 0.0750 e. The van der Waals surface area contributed by atoms with Crippen molar-refractivity contribution in [1.82, 2.24) is 4.98 Å². The van der Waals surface area contributed by atoms with Crippen LogP contribution in [0.2, 0.25) is 0 Å². The van der Waals surface area contributed by atoms with Crippen LogP contribution in [-0.2, 0) is 0 Å². The third-order valence-electron chi connectivity index (χ3n) is 2.19. The first-order valence-electron chi connectivity index (χ1n) is 4.83. The van der Waals surface area contributed by atoms with Crippen molar-refractivity contribution in [3.8, 4) is 0 Å². The highest BCUT2D eigenvalue weighted by Gasteiger charge is 2.10. The molecule has 5 heteroatoms. The van der Waals surface area contributed by atoms with E-state index >= 15 is 0 Å². The summed E-state index contributed by atoms with van der Waals surface area (Å²) in [5.74, 6) is 0.222. The minimum absolute atomic E-state index is 0.222. The number of hydrogen-bond acceptors (Lipinski definition) is 4. The third-order valence-corrected chi connectivity index (χ3v) is 2.79. The maximum atomic E-state index is 9.64. The molecule has 15 heavy (non-hydrogen) atoms. The van der Waals surface area contributed by atoms with Crippen LogP contribution in [-0.4, -0.2) is 22.7 Å². The number of nitrogens with two attached hydrogens (primary N) is 1. The van der Waals surface area contributed by atoms with Crippen LogP contribution in [0.5, 0.6) is 0 Å². The predicted molar refractivity (Wildman–Crippen MR) is 65.7 cm³/mol. The van der Waals surface area contributed by atoms with Gasteiger partial charge in [0.2, 0.25) is 0 Å². The second kappa shape index (κ2) is 5.32. The molecule has 0 saturated carbocycles. The Morgan fingerprint density at radius 3 is 2.73 bits per heavy atom. The molecule has 1 rings (SSSR count). The highest BCUT2D eigenvalue weighted by molar-refractivity contribution is 9.10. The Kier molecular flexibility index (Phi) is 4.35. The van der Waals surface area contributed by atoms with Gasteiger partial charge >= 0.3 is 0 Å². The topological polar surface area (TPSA) is 71.2 Å².